The van der Waals surface area contributed by atoms with Crippen molar-refractivity contribution >= 4 is 22.8 Å². The lowest BCUT2D eigenvalue weighted by atomic mass is 10.1. The smallest absolute Gasteiger partial charge is 0.263 e. The molecule has 0 saturated carbocycles. The number of hydrogen-bond acceptors (Lipinski definition) is 6. The fourth-order valence-corrected chi connectivity index (χ4v) is 3.97. The maximum absolute atomic E-state index is 12.3. The van der Waals surface area contributed by atoms with Crippen molar-refractivity contribution in [2.45, 2.75) is 58.3 Å². The van der Waals surface area contributed by atoms with Crippen LogP contribution >= 0.6 is 0 Å². The molecule has 7 nitrogen and oxygen atoms in total. The first-order valence-electron chi connectivity index (χ1n) is 9.94. The van der Waals surface area contributed by atoms with Crippen molar-refractivity contribution in [3.8, 4) is 0 Å². The molecule has 0 aliphatic carbocycles. The van der Waals surface area contributed by atoms with Gasteiger partial charge in [-0.25, -0.2) is 4.98 Å². The summed E-state index contributed by atoms with van der Waals surface area (Å²) in [6.45, 7) is 5.86. The van der Waals surface area contributed by atoms with E-state index < -0.39 is 0 Å². The van der Waals surface area contributed by atoms with Gasteiger partial charge >= 0.3 is 0 Å². The minimum Gasteiger partial charge on any atom is -0.356 e. The summed E-state index contributed by atoms with van der Waals surface area (Å²) >= 11 is 0. The number of likely N-dealkylation sites (tertiary alicyclic amines) is 1. The van der Waals surface area contributed by atoms with Crippen molar-refractivity contribution in [2.24, 2.45) is 0 Å². The minimum absolute atomic E-state index is 0.206. The molecule has 0 unspecified atom stereocenters. The van der Waals surface area contributed by atoms with Crippen LogP contribution in [0.5, 0.6) is 0 Å². The van der Waals surface area contributed by atoms with Gasteiger partial charge in [0.15, 0.2) is 0 Å². The van der Waals surface area contributed by atoms with E-state index in [1.54, 1.807) is 0 Å². The number of anilines is 1. The number of hydrogen-bond donors (Lipinski definition) is 0. The van der Waals surface area contributed by atoms with E-state index in [-0.39, 0.29) is 5.91 Å². The highest BCUT2D eigenvalue weighted by atomic mass is 16.5. The number of nitrogens with zero attached hydrogens (tertiary/aromatic N) is 5. The molecule has 0 spiro atoms. The first kappa shape index (κ1) is 17.2. The molecule has 2 fully saturated rings. The van der Waals surface area contributed by atoms with Crippen LogP contribution in [0.1, 0.15) is 57.0 Å². The number of aromatic nitrogens is 3. The summed E-state index contributed by atoms with van der Waals surface area (Å²) in [6, 6.07) is 0. The molecule has 0 N–H and O–H groups in total. The molecule has 1 amide bonds. The zero-order valence-corrected chi connectivity index (χ0v) is 15.5. The Balaban J connectivity index is 1.59. The van der Waals surface area contributed by atoms with Gasteiger partial charge in [-0.3, -0.25) is 4.79 Å². The van der Waals surface area contributed by atoms with Gasteiger partial charge in [0.05, 0.1) is 5.69 Å². The van der Waals surface area contributed by atoms with Crippen LogP contribution in [-0.4, -0.2) is 52.1 Å². The Bertz CT molecular complexity index is 776. The van der Waals surface area contributed by atoms with Crippen LogP contribution in [0, 0.1) is 0 Å². The number of carbonyl (C=O) groups is 1. The topological polar surface area (TPSA) is 75.4 Å². The summed E-state index contributed by atoms with van der Waals surface area (Å²) in [7, 11) is 0. The number of piperidine rings is 1. The first-order valence-corrected chi connectivity index (χ1v) is 9.94. The van der Waals surface area contributed by atoms with E-state index in [4.69, 9.17) is 9.51 Å². The van der Waals surface area contributed by atoms with Gasteiger partial charge in [0.2, 0.25) is 5.91 Å². The van der Waals surface area contributed by atoms with Gasteiger partial charge in [-0.2, -0.15) is 4.98 Å². The fraction of sp³-hybridized carbons (Fsp3) is 0.684. The van der Waals surface area contributed by atoms with E-state index in [0.29, 0.717) is 24.4 Å². The SMILES string of the molecule is CCc1noc2nc(CCC(=O)N3CCCC3)nc(N3CCCCC3)c12. The molecule has 0 radical (unpaired) electrons. The number of carbonyl (C=O) groups excluding carboxylic acids is 1. The van der Waals surface area contributed by atoms with Crippen LogP contribution in [0.4, 0.5) is 5.82 Å². The number of amides is 1. The van der Waals surface area contributed by atoms with Crippen molar-refractivity contribution in [3.63, 3.8) is 0 Å². The van der Waals surface area contributed by atoms with Crippen molar-refractivity contribution in [2.75, 3.05) is 31.1 Å². The Morgan fingerprint density at radius 3 is 2.50 bits per heavy atom. The molecule has 4 rings (SSSR count). The maximum atomic E-state index is 12.3. The summed E-state index contributed by atoms with van der Waals surface area (Å²) in [5.41, 5.74) is 1.47. The summed E-state index contributed by atoms with van der Waals surface area (Å²) in [5, 5.41) is 5.14. The average molecular weight is 357 g/mol. The molecule has 2 aromatic rings. The van der Waals surface area contributed by atoms with Gasteiger partial charge in [-0.1, -0.05) is 12.1 Å². The monoisotopic (exact) mass is 357 g/mol. The molecule has 140 valence electrons. The van der Waals surface area contributed by atoms with Crippen molar-refractivity contribution in [3.05, 3.63) is 11.5 Å². The van der Waals surface area contributed by atoms with Gasteiger partial charge in [0.25, 0.3) is 5.71 Å². The normalized spacial score (nSPS) is 18.0. The fourth-order valence-electron chi connectivity index (χ4n) is 3.97. The predicted octanol–water partition coefficient (Wildman–Crippen LogP) is 2.73. The zero-order chi connectivity index (χ0) is 17.9. The quantitative estimate of drug-likeness (QED) is 0.819. The molecular weight excluding hydrogens is 330 g/mol. The van der Waals surface area contributed by atoms with Crippen LogP contribution in [0.15, 0.2) is 4.52 Å². The third-order valence-corrected chi connectivity index (χ3v) is 5.45. The van der Waals surface area contributed by atoms with E-state index in [9.17, 15) is 4.79 Å². The molecule has 4 heterocycles. The average Bonchev–Trinajstić information content (AvgIpc) is 3.36. The third-order valence-electron chi connectivity index (χ3n) is 5.45. The number of rotatable bonds is 5. The number of fused-ring (bicyclic) bond motifs is 1. The van der Waals surface area contributed by atoms with Gasteiger partial charge < -0.3 is 14.3 Å². The number of aryl methyl sites for hydroxylation is 2. The van der Waals surface area contributed by atoms with Gasteiger partial charge in [-0.05, 0) is 38.5 Å². The van der Waals surface area contributed by atoms with E-state index in [1.165, 1.54) is 19.3 Å². The lowest BCUT2D eigenvalue weighted by molar-refractivity contribution is -0.130. The molecule has 0 aromatic carbocycles. The van der Waals surface area contributed by atoms with Crippen molar-refractivity contribution in [1.29, 1.82) is 0 Å². The van der Waals surface area contributed by atoms with Gasteiger partial charge in [0.1, 0.15) is 17.0 Å². The Labute approximate surface area is 153 Å². The van der Waals surface area contributed by atoms with Crippen molar-refractivity contribution in [1.82, 2.24) is 20.0 Å². The maximum Gasteiger partial charge on any atom is 0.263 e. The van der Waals surface area contributed by atoms with Gasteiger partial charge in [-0.15, -0.1) is 0 Å². The molecule has 2 aromatic heterocycles. The van der Waals surface area contributed by atoms with Gasteiger partial charge in [0, 0.05) is 39.0 Å². The highest BCUT2D eigenvalue weighted by Crippen LogP contribution is 2.30. The largest absolute Gasteiger partial charge is 0.356 e. The molecule has 26 heavy (non-hydrogen) atoms. The van der Waals surface area contributed by atoms with Crippen LogP contribution in [0.3, 0.4) is 0 Å². The Morgan fingerprint density at radius 2 is 1.77 bits per heavy atom. The molecule has 0 atom stereocenters. The highest BCUT2D eigenvalue weighted by molar-refractivity contribution is 5.88. The molecule has 2 aliphatic rings. The van der Waals surface area contributed by atoms with Crippen LogP contribution in [-0.2, 0) is 17.6 Å². The molecule has 0 bridgehead atoms. The second-order valence-electron chi connectivity index (χ2n) is 7.26. The third kappa shape index (κ3) is 3.39. The molecule has 7 heteroatoms. The predicted molar refractivity (Wildman–Crippen MR) is 99.2 cm³/mol. The summed E-state index contributed by atoms with van der Waals surface area (Å²) in [6.07, 6.45) is 7.67. The van der Waals surface area contributed by atoms with E-state index in [0.717, 1.165) is 62.3 Å². The summed E-state index contributed by atoms with van der Waals surface area (Å²) < 4.78 is 5.50. The molecule has 2 saturated heterocycles. The van der Waals surface area contributed by atoms with Crippen LogP contribution < -0.4 is 4.90 Å². The first-order chi connectivity index (χ1) is 12.8. The molecule has 2 aliphatic heterocycles. The Hall–Kier alpha value is -2.18. The second kappa shape index (κ2) is 7.60. The lowest BCUT2D eigenvalue weighted by Crippen LogP contribution is -2.31. The van der Waals surface area contributed by atoms with Crippen molar-refractivity contribution < 1.29 is 9.32 Å². The summed E-state index contributed by atoms with van der Waals surface area (Å²) in [5.74, 6) is 1.83. The highest BCUT2D eigenvalue weighted by Gasteiger charge is 2.23. The van der Waals surface area contributed by atoms with Crippen LogP contribution in [0.25, 0.3) is 11.1 Å². The second-order valence-corrected chi connectivity index (χ2v) is 7.26. The Kier molecular flexibility index (Phi) is 5.04. The summed E-state index contributed by atoms with van der Waals surface area (Å²) in [4.78, 5) is 26.0. The zero-order valence-electron chi connectivity index (χ0n) is 15.5. The van der Waals surface area contributed by atoms with E-state index in [2.05, 4.69) is 22.0 Å². The molecular formula is C19H27N5O2. The van der Waals surface area contributed by atoms with E-state index >= 15 is 0 Å². The standard InChI is InChI=1S/C19H27N5O2/c1-2-14-17-18(24-12-4-3-5-13-24)20-15(21-19(17)26-22-14)8-9-16(25)23-10-6-7-11-23/h2-13H2,1H3. The van der Waals surface area contributed by atoms with E-state index in [1.807, 2.05) is 4.90 Å². The minimum atomic E-state index is 0.206. The Morgan fingerprint density at radius 1 is 1.04 bits per heavy atom. The van der Waals surface area contributed by atoms with Crippen LogP contribution in [0.2, 0.25) is 0 Å². The lowest BCUT2D eigenvalue weighted by Gasteiger charge is -2.28.